The van der Waals surface area contributed by atoms with E-state index in [0.717, 1.165) is 13.2 Å². The molecule has 0 aromatic carbocycles. The molecule has 3 nitrogen and oxygen atoms in total. The summed E-state index contributed by atoms with van der Waals surface area (Å²) in [6, 6.07) is 0.652. The van der Waals surface area contributed by atoms with E-state index < -0.39 is 0 Å². The van der Waals surface area contributed by atoms with E-state index in [0.29, 0.717) is 12.1 Å². The summed E-state index contributed by atoms with van der Waals surface area (Å²) in [6.07, 6.45) is 5.44. The van der Waals surface area contributed by atoms with E-state index in [9.17, 15) is 0 Å². The quantitative estimate of drug-likeness (QED) is 0.706. The topological polar surface area (TPSA) is 24.5 Å². The van der Waals surface area contributed by atoms with Gasteiger partial charge < -0.3 is 15.0 Å². The molecule has 102 valence electrons. The van der Waals surface area contributed by atoms with Gasteiger partial charge in [0.05, 0.1) is 6.10 Å². The average molecular weight is 242 g/mol. The number of nitrogens with zero attached hydrogens (tertiary/aromatic N) is 1. The van der Waals surface area contributed by atoms with Gasteiger partial charge in [-0.2, -0.15) is 0 Å². The summed E-state index contributed by atoms with van der Waals surface area (Å²) >= 11 is 0. The number of hydrogen-bond donors (Lipinski definition) is 1. The fourth-order valence-electron chi connectivity index (χ4n) is 2.40. The van der Waals surface area contributed by atoms with Gasteiger partial charge in [0, 0.05) is 25.7 Å². The van der Waals surface area contributed by atoms with Crippen molar-refractivity contribution in [2.45, 2.75) is 58.6 Å². The van der Waals surface area contributed by atoms with Crippen LogP contribution in [0, 0.1) is 0 Å². The van der Waals surface area contributed by atoms with E-state index in [1.54, 1.807) is 0 Å². The summed E-state index contributed by atoms with van der Waals surface area (Å²) < 4.78 is 5.67. The molecule has 17 heavy (non-hydrogen) atoms. The van der Waals surface area contributed by atoms with Crippen molar-refractivity contribution < 1.29 is 4.74 Å². The minimum atomic E-state index is 0.520. The van der Waals surface area contributed by atoms with Crippen LogP contribution < -0.4 is 5.32 Å². The number of nitrogens with one attached hydrogen (secondary N) is 1. The van der Waals surface area contributed by atoms with E-state index in [1.165, 1.54) is 45.3 Å². The van der Waals surface area contributed by atoms with Gasteiger partial charge in [-0.25, -0.2) is 0 Å². The Morgan fingerprint density at radius 2 is 2.00 bits per heavy atom. The van der Waals surface area contributed by atoms with Gasteiger partial charge in [0.1, 0.15) is 0 Å². The molecule has 0 aromatic rings. The molecular weight excluding hydrogens is 212 g/mol. The molecule has 0 aromatic heterocycles. The van der Waals surface area contributed by atoms with Crippen LogP contribution >= 0.6 is 0 Å². The number of ether oxygens (including phenoxy) is 1. The molecule has 1 aliphatic heterocycles. The fourth-order valence-corrected chi connectivity index (χ4v) is 2.40. The summed E-state index contributed by atoms with van der Waals surface area (Å²) in [6.45, 7) is 12.3. The molecule has 1 aliphatic rings. The second kappa shape index (κ2) is 8.90. The first-order chi connectivity index (χ1) is 8.26. The van der Waals surface area contributed by atoms with Crippen molar-refractivity contribution in [1.82, 2.24) is 10.2 Å². The minimum absolute atomic E-state index is 0.520. The Morgan fingerprint density at radius 3 is 2.59 bits per heavy atom. The summed E-state index contributed by atoms with van der Waals surface area (Å²) in [5, 5.41) is 3.55. The molecular formula is C14H30N2O. The van der Waals surface area contributed by atoms with Crippen LogP contribution in [-0.2, 0) is 4.74 Å². The van der Waals surface area contributed by atoms with Gasteiger partial charge >= 0.3 is 0 Å². The maximum Gasteiger partial charge on any atom is 0.0599 e. The Kier molecular flexibility index (Phi) is 7.82. The lowest BCUT2D eigenvalue weighted by atomic mass is 10.1. The van der Waals surface area contributed by atoms with E-state index in [2.05, 4.69) is 31.0 Å². The third kappa shape index (κ3) is 6.39. The average Bonchev–Trinajstić information content (AvgIpc) is 2.36. The maximum atomic E-state index is 5.67. The van der Waals surface area contributed by atoms with E-state index >= 15 is 0 Å². The van der Waals surface area contributed by atoms with Crippen molar-refractivity contribution in [3.05, 3.63) is 0 Å². The third-order valence-electron chi connectivity index (χ3n) is 3.56. The lowest BCUT2D eigenvalue weighted by molar-refractivity contribution is 0.0137. The molecule has 1 atom stereocenters. The SMILES string of the molecule is CCCNC(C)CCN1CCC(OCC)CC1. The third-order valence-corrected chi connectivity index (χ3v) is 3.56. The second-order valence-electron chi connectivity index (χ2n) is 5.14. The smallest absolute Gasteiger partial charge is 0.0599 e. The summed E-state index contributed by atoms with van der Waals surface area (Å²) in [5.41, 5.74) is 0. The van der Waals surface area contributed by atoms with E-state index in [1.807, 2.05) is 0 Å². The summed E-state index contributed by atoms with van der Waals surface area (Å²) in [5.74, 6) is 0. The molecule has 0 saturated carbocycles. The Bertz CT molecular complexity index is 179. The lowest BCUT2D eigenvalue weighted by Crippen LogP contribution is -2.39. The summed E-state index contributed by atoms with van der Waals surface area (Å²) in [4.78, 5) is 2.58. The van der Waals surface area contributed by atoms with Crippen molar-refractivity contribution in [1.29, 1.82) is 0 Å². The maximum absolute atomic E-state index is 5.67. The molecule has 3 heteroatoms. The van der Waals surface area contributed by atoms with Gasteiger partial charge in [-0.3, -0.25) is 0 Å². The molecule has 0 amide bonds. The number of rotatable bonds is 8. The first-order valence-electron chi connectivity index (χ1n) is 7.33. The zero-order valence-corrected chi connectivity index (χ0v) is 11.9. The van der Waals surface area contributed by atoms with Gasteiger partial charge in [-0.15, -0.1) is 0 Å². The van der Waals surface area contributed by atoms with Gasteiger partial charge in [0.25, 0.3) is 0 Å². The minimum Gasteiger partial charge on any atom is -0.378 e. The zero-order chi connectivity index (χ0) is 12.5. The highest BCUT2D eigenvalue weighted by Gasteiger charge is 2.19. The lowest BCUT2D eigenvalue weighted by Gasteiger charge is -2.32. The normalized spacial score (nSPS) is 20.6. The Morgan fingerprint density at radius 1 is 1.29 bits per heavy atom. The molecule has 0 bridgehead atoms. The predicted octanol–water partition coefficient (Wildman–Crippen LogP) is 2.27. The molecule has 0 spiro atoms. The molecule has 1 rings (SSSR count). The number of piperidine rings is 1. The molecule has 0 radical (unpaired) electrons. The molecule has 1 heterocycles. The molecule has 1 unspecified atom stereocenters. The molecule has 1 saturated heterocycles. The number of likely N-dealkylation sites (tertiary alicyclic amines) is 1. The Hall–Kier alpha value is -0.120. The van der Waals surface area contributed by atoms with Gasteiger partial charge in [0.15, 0.2) is 0 Å². The highest BCUT2D eigenvalue weighted by molar-refractivity contribution is 4.73. The van der Waals surface area contributed by atoms with Crippen molar-refractivity contribution in [2.24, 2.45) is 0 Å². The first-order valence-corrected chi connectivity index (χ1v) is 7.33. The first kappa shape index (κ1) is 14.9. The molecule has 1 fully saturated rings. The fraction of sp³-hybridized carbons (Fsp3) is 1.00. The van der Waals surface area contributed by atoms with Crippen LogP contribution in [-0.4, -0.2) is 49.8 Å². The van der Waals surface area contributed by atoms with Crippen LogP contribution in [0.4, 0.5) is 0 Å². The van der Waals surface area contributed by atoms with Gasteiger partial charge in [0.2, 0.25) is 0 Å². The molecule has 0 aliphatic carbocycles. The van der Waals surface area contributed by atoms with Crippen LogP contribution in [0.2, 0.25) is 0 Å². The van der Waals surface area contributed by atoms with Crippen LogP contribution in [0.25, 0.3) is 0 Å². The van der Waals surface area contributed by atoms with Crippen LogP contribution in [0.1, 0.15) is 46.5 Å². The number of hydrogen-bond acceptors (Lipinski definition) is 3. The van der Waals surface area contributed by atoms with Crippen LogP contribution in [0.3, 0.4) is 0 Å². The highest BCUT2D eigenvalue weighted by atomic mass is 16.5. The van der Waals surface area contributed by atoms with Crippen LogP contribution in [0.5, 0.6) is 0 Å². The Labute approximate surface area is 107 Å². The zero-order valence-electron chi connectivity index (χ0n) is 11.9. The summed E-state index contributed by atoms with van der Waals surface area (Å²) in [7, 11) is 0. The van der Waals surface area contributed by atoms with Gasteiger partial charge in [-0.1, -0.05) is 6.92 Å². The van der Waals surface area contributed by atoms with Crippen molar-refractivity contribution in [3.8, 4) is 0 Å². The van der Waals surface area contributed by atoms with Gasteiger partial charge in [-0.05, 0) is 52.6 Å². The standard InChI is InChI=1S/C14H30N2O/c1-4-9-15-13(3)6-10-16-11-7-14(8-12-16)17-5-2/h13-15H,4-12H2,1-3H3. The van der Waals surface area contributed by atoms with E-state index in [4.69, 9.17) is 4.74 Å². The monoisotopic (exact) mass is 242 g/mol. The van der Waals surface area contributed by atoms with Crippen molar-refractivity contribution in [2.75, 3.05) is 32.8 Å². The second-order valence-corrected chi connectivity index (χ2v) is 5.14. The van der Waals surface area contributed by atoms with Crippen molar-refractivity contribution in [3.63, 3.8) is 0 Å². The molecule has 1 N–H and O–H groups in total. The van der Waals surface area contributed by atoms with E-state index in [-0.39, 0.29) is 0 Å². The largest absolute Gasteiger partial charge is 0.378 e. The van der Waals surface area contributed by atoms with Crippen LogP contribution in [0.15, 0.2) is 0 Å². The highest BCUT2D eigenvalue weighted by Crippen LogP contribution is 2.14. The van der Waals surface area contributed by atoms with Crippen molar-refractivity contribution >= 4 is 0 Å². The Balaban J connectivity index is 2.05. The predicted molar refractivity (Wildman–Crippen MR) is 73.5 cm³/mol.